The monoisotopic (exact) mass is 489 g/mol. The molecule has 0 aliphatic heterocycles. The van der Waals surface area contributed by atoms with E-state index in [9.17, 15) is 23.1 Å². The number of aromatic nitrogens is 4. The SMILES string of the molecule is NC(=O)[C@H]1CC[C@@H](n2c(Nc3c(F)ccc(F)c3F)nc3cnc(N[C@@H]4CC[C@@H](O)C4)nc32)CC1. The number of nitrogens with two attached hydrogens (primary N) is 1. The van der Waals surface area contributed by atoms with Gasteiger partial charge in [-0.25, -0.2) is 23.1 Å². The second kappa shape index (κ2) is 9.33. The molecule has 0 unspecified atom stereocenters. The summed E-state index contributed by atoms with van der Waals surface area (Å²) in [6.45, 7) is 0. The average Bonchev–Trinajstić information content (AvgIpc) is 3.41. The van der Waals surface area contributed by atoms with Gasteiger partial charge in [0.05, 0.1) is 12.3 Å². The van der Waals surface area contributed by atoms with Crippen LogP contribution in [-0.2, 0) is 4.79 Å². The second-order valence-corrected chi connectivity index (χ2v) is 9.27. The van der Waals surface area contributed by atoms with E-state index in [1.807, 2.05) is 0 Å². The Morgan fingerprint density at radius 3 is 2.49 bits per heavy atom. The fourth-order valence-corrected chi connectivity index (χ4v) is 5.04. The molecule has 35 heavy (non-hydrogen) atoms. The number of rotatable bonds is 6. The van der Waals surface area contributed by atoms with Crippen LogP contribution in [0.25, 0.3) is 11.2 Å². The second-order valence-electron chi connectivity index (χ2n) is 9.27. The molecule has 2 aliphatic rings. The van der Waals surface area contributed by atoms with Gasteiger partial charge in [0.15, 0.2) is 17.3 Å². The van der Waals surface area contributed by atoms with Gasteiger partial charge in [0.25, 0.3) is 0 Å². The number of carbonyl (C=O) groups excluding carboxylic acids is 1. The van der Waals surface area contributed by atoms with Crippen LogP contribution in [0.3, 0.4) is 0 Å². The predicted molar refractivity (Wildman–Crippen MR) is 122 cm³/mol. The summed E-state index contributed by atoms with van der Waals surface area (Å²) in [6.07, 6.45) is 5.45. The van der Waals surface area contributed by atoms with Gasteiger partial charge in [-0.3, -0.25) is 9.36 Å². The van der Waals surface area contributed by atoms with E-state index in [0.29, 0.717) is 61.7 Å². The molecule has 5 N–H and O–H groups in total. The largest absolute Gasteiger partial charge is 0.393 e. The Morgan fingerprint density at radius 1 is 1.06 bits per heavy atom. The van der Waals surface area contributed by atoms with Crippen LogP contribution in [-0.4, -0.2) is 42.7 Å². The number of nitrogens with zero attached hydrogens (tertiary/aromatic N) is 4. The van der Waals surface area contributed by atoms with Gasteiger partial charge in [-0.2, -0.15) is 4.98 Å². The number of anilines is 3. The molecule has 3 aromatic rings. The Labute approximate surface area is 199 Å². The molecule has 12 heteroatoms. The first-order chi connectivity index (χ1) is 16.8. The van der Waals surface area contributed by atoms with Crippen LogP contribution in [0, 0.1) is 23.4 Å². The van der Waals surface area contributed by atoms with Crippen LogP contribution < -0.4 is 16.4 Å². The first-order valence-electron chi connectivity index (χ1n) is 11.7. The Bertz CT molecular complexity index is 1260. The normalized spacial score (nSPS) is 24.6. The number of carbonyl (C=O) groups is 1. The number of imidazole rings is 1. The zero-order valence-electron chi connectivity index (χ0n) is 18.8. The van der Waals surface area contributed by atoms with Crippen molar-refractivity contribution < 1.29 is 23.1 Å². The zero-order chi connectivity index (χ0) is 24.7. The number of amides is 1. The molecular formula is C23H26F3N7O2. The van der Waals surface area contributed by atoms with Gasteiger partial charge < -0.3 is 21.5 Å². The average molecular weight is 490 g/mol. The molecule has 0 radical (unpaired) electrons. The van der Waals surface area contributed by atoms with E-state index in [1.54, 1.807) is 4.57 Å². The third-order valence-corrected chi connectivity index (χ3v) is 6.92. The zero-order valence-corrected chi connectivity index (χ0v) is 18.8. The number of hydrogen-bond donors (Lipinski definition) is 4. The minimum Gasteiger partial charge on any atom is -0.393 e. The van der Waals surface area contributed by atoms with Gasteiger partial charge in [-0.15, -0.1) is 0 Å². The highest BCUT2D eigenvalue weighted by Gasteiger charge is 2.30. The number of halogens is 3. The lowest BCUT2D eigenvalue weighted by molar-refractivity contribution is -0.122. The number of benzene rings is 1. The van der Waals surface area contributed by atoms with Crippen molar-refractivity contribution in [2.45, 2.75) is 63.1 Å². The summed E-state index contributed by atoms with van der Waals surface area (Å²) in [4.78, 5) is 25.0. The summed E-state index contributed by atoms with van der Waals surface area (Å²) < 4.78 is 44.4. The minimum absolute atomic E-state index is 0.0258. The molecule has 5 rings (SSSR count). The topological polar surface area (TPSA) is 131 Å². The number of primary amides is 1. The van der Waals surface area contributed by atoms with Crippen molar-refractivity contribution in [3.05, 3.63) is 35.8 Å². The van der Waals surface area contributed by atoms with Gasteiger partial charge in [0.2, 0.25) is 17.8 Å². The highest BCUT2D eigenvalue weighted by Crippen LogP contribution is 2.37. The summed E-state index contributed by atoms with van der Waals surface area (Å²) in [7, 11) is 0. The van der Waals surface area contributed by atoms with Crippen molar-refractivity contribution >= 4 is 34.7 Å². The van der Waals surface area contributed by atoms with E-state index in [2.05, 4.69) is 25.6 Å². The van der Waals surface area contributed by atoms with E-state index < -0.39 is 23.1 Å². The van der Waals surface area contributed by atoms with Crippen molar-refractivity contribution in [2.75, 3.05) is 10.6 Å². The maximum absolute atomic E-state index is 14.4. The maximum atomic E-state index is 14.4. The number of nitrogens with one attached hydrogen (secondary N) is 2. The summed E-state index contributed by atoms with van der Waals surface area (Å²) in [5, 5.41) is 15.7. The summed E-state index contributed by atoms with van der Waals surface area (Å²) in [5.41, 5.74) is 5.64. The third kappa shape index (κ3) is 4.62. The fraction of sp³-hybridized carbons (Fsp3) is 0.478. The molecule has 2 saturated carbocycles. The molecule has 9 nitrogen and oxygen atoms in total. The molecule has 2 aliphatic carbocycles. The molecule has 2 fully saturated rings. The van der Waals surface area contributed by atoms with Crippen molar-refractivity contribution in [1.82, 2.24) is 19.5 Å². The van der Waals surface area contributed by atoms with E-state index in [4.69, 9.17) is 5.73 Å². The van der Waals surface area contributed by atoms with E-state index in [1.165, 1.54) is 6.20 Å². The molecule has 1 aromatic carbocycles. The van der Waals surface area contributed by atoms with Gasteiger partial charge >= 0.3 is 0 Å². The summed E-state index contributed by atoms with van der Waals surface area (Å²) in [5.74, 6) is -3.66. The standard InChI is InChI=1S/C23H26F3N7O2/c24-15-7-8-16(25)19(18(15)26)31-23-30-17-10-28-22(29-12-3-6-14(34)9-12)32-21(17)33(23)13-4-1-11(2-5-13)20(27)35/h7-8,10-14,34H,1-6,9H2,(H2,27,35)(H,30,31)(H,28,29,32)/t11-,12-,13+,14-/m1/s1. The lowest BCUT2D eigenvalue weighted by Crippen LogP contribution is -2.29. The smallest absolute Gasteiger partial charge is 0.224 e. The number of hydrogen-bond acceptors (Lipinski definition) is 7. The van der Waals surface area contributed by atoms with E-state index in [-0.39, 0.29) is 36.0 Å². The Hall–Kier alpha value is -3.41. The molecule has 0 bridgehead atoms. The Morgan fingerprint density at radius 2 is 1.80 bits per heavy atom. The van der Waals surface area contributed by atoms with Crippen molar-refractivity contribution in [1.29, 1.82) is 0 Å². The fourth-order valence-electron chi connectivity index (χ4n) is 5.04. The molecule has 2 atom stereocenters. The number of aliphatic hydroxyl groups is 1. The van der Waals surface area contributed by atoms with Crippen LogP contribution in [0.4, 0.5) is 30.8 Å². The molecule has 0 saturated heterocycles. The minimum atomic E-state index is -1.35. The molecule has 2 aromatic heterocycles. The lowest BCUT2D eigenvalue weighted by atomic mass is 9.85. The summed E-state index contributed by atoms with van der Waals surface area (Å²) >= 11 is 0. The van der Waals surface area contributed by atoms with Gasteiger partial charge in [0, 0.05) is 18.0 Å². The third-order valence-electron chi connectivity index (χ3n) is 6.92. The van der Waals surface area contributed by atoms with E-state index in [0.717, 1.165) is 12.5 Å². The van der Waals surface area contributed by atoms with Gasteiger partial charge in [-0.05, 0) is 57.1 Å². The van der Waals surface area contributed by atoms with Crippen LogP contribution in [0.5, 0.6) is 0 Å². The van der Waals surface area contributed by atoms with Crippen LogP contribution in [0.1, 0.15) is 51.0 Å². The number of aliphatic hydroxyl groups excluding tert-OH is 1. The van der Waals surface area contributed by atoms with Gasteiger partial charge in [0.1, 0.15) is 17.0 Å². The maximum Gasteiger partial charge on any atom is 0.224 e. The van der Waals surface area contributed by atoms with Crippen LogP contribution >= 0.6 is 0 Å². The summed E-state index contributed by atoms with van der Waals surface area (Å²) in [6, 6.07) is 1.39. The van der Waals surface area contributed by atoms with Crippen LogP contribution in [0.2, 0.25) is 0 Å². The van der Waals surface area contributed by atoms with Gasteiger partial charge in [-0.1, -0.05) is 0 Å². The Balaban J connectivity index is 1.53. The molecule has 186 valence electrons. The Kier molecular flexibility index (Phi) is 6.22. The van der Waals surface area contributed by atoms with Crippen molar-refractivity contribution in [2.24, 2.45) is 11.7 Å². The molecule has 2 heterocycles. The van der Waals surface area contributed by atoms with Crippen molar-refractivity contribution in [3.63, 3.8) is 0 Å². The molecular weight excluding hydrogens is 463 g/mol. The predicted octanol–water partition coefficient (Wildman–Crippen LogP) is 3.53. The van der Waals surface area contributed by atoms with Crippen LogP contribution in [0.15, 0.2) is 18.3 Å². The first kappa shape index (κ1) is 23.3. The molecule has 0 spiro atoms. The van der Waals surface area contributed by atoms with Crippen molar-refractivity contribution in [3.8, 4) is 0 Å². The quantitative estimate of drug-likeness (QED) is 0.390. The highest BCUT2D eigenvalue weighted by atomic mass is 19.2. The number of fused-ring (bicyclic) bond motifs is 1. The van der Waals surface area contributed by atoms with E-state index >= 15 is 0 Å². The molecule has 1 amide bonds. The lowest BCUT2D eigenvalue weighted by Gasteiger charge is -2.29. The first-order valence-corrected chi connectivity index (χ1v) is 11.7. The highest BCUT2D eigenvalue weighted by molar-refractivity contribution is 5.78.